The van der Waals surface area contributed by atoms with Gasteiger partial charge in [0.15, 0.2) is 0 Å². The molecule has 21 heavy (non-hydrogen) atoms. The number of hydrogen-bond acceptors (Lipinski definition) is 2. The second kappa shape index (κ2) is 7.60. The summed E-state index contributed by atoms with van der Waals surface area (Å²) in [5, 5.41) is 2.99. The highest BCUT2D eigenvalue weighted by Gasteiger charge is 2.08. The first-order valence-corrected chi connectivity index (χ1v) is 7.28. The zero-order valence-corrected chi connectivity index (χ0v) is 12.4. The van der Waals surface area contributed by atoms with Crippen molar-refractivity contribution in [3.63, 3.8) is 0 Å². The highest BCUT2D eigenvalue weighted by molar-refractivity contribution is 5.78. The first-order chi connectivity index (χ1) is 10.2. The molecule has 0 spiro atoms. The average Bonchev–Trinajstić information content (AvgIpc) is 2.54. The molecular weight excluding hydrogens is 260 g/mol. The summed E-state index contributed by atoms with van der Waals surface area (Å²) in [5.74, 6) is 0.369. The van der Waals surface area contributed by atoms with Gasteiger partial charge in [-0.15, -0.1) is 0 Å². The fourth-order valence-electron chi connectivity index (χ4n) is 2.21. The minimum atomic E-state index is 0.0540. The van der Waals surface area contributed by atoms with Crippen LogP contribution in [0, 0.1) is 0 Å². The van der Waals surface area contributed by atoms with Gasteiger partial charge in [0.2, 0.25) is 5.91 Å². The summed E-state index contributed by atoms with van der Waals surface area (Å²) in [6, 6.07) is 18.1. The van der Waals surface area contributed by atoms with Crippen LogP contribution in [0.3, 0.4) is 0 Å². The van der Waals surface area contributed by atoms with Gasteiger partial charge in [0.05, 0.1) is 6.42 Å². The van der Waals surface area contributed by atoms with Crippen molar-refractivity contribution < 1.29 is 4.79 Å². The van der Waals surface area contributed by atoms with Gasteiger partial charge >= 0.3 is 0 Å². The SMILES string of the molecule is CC(CNC(=O)Cc1ccc(CN)cc1)c1ccccc1. The standard InChI is InChI=1S/C18H22N2O/c1-14(17-5-3-2-4-6-17)13-20-18(21)11-15-7-9-16(12-19)10-8-15/h2-10,14H,11-13,19H2,1H3,(H,20,21). The Labute approximate surface area is 126 Å². The quantitative estimate of drug-likeness (QED) is 0.855. The lowest BCUT2D eigenvalue weighted by atomic mass is 10.0. The summed E-state index contributed by atoms with van der Waals surface area (Å²) in [4.78, 5) is 12.0. The molecule has 0 bridgehead atoms. The largest absolute Gasteiger partial charge is 0.355 e. The van der Waals surface area contributed by atoms with Crippen LogP contribution in [0.2, 0.25) is 0 Å². The predicted molar refractivity (Wildman–Crippen MR) is 85.9 cm³/mol. The Hall–Kier alpha value is -2.13. The zero-order chi connectivity index (χ0) is 15.1. The molecule has 0 aromatic heterocycles. The Kier molecular flexibility index (Phi) is 5.52. The molecule has 2 aromatic rings. The van der Waals surface area contributed by atoms with Crippen LogP contribution in [-0.4, -0.2) is 12.5 Å². The molecule has 0 saturated carbocycles. The van der Waals surface area contributed by atoms with E-state index >= 15 is 0 Å². The summed E-state index contributed by atoms with van der Waals surface area (Å²) >= 11 is 0. The smallest absolute Gasteiger partial charge is 0.224 e. The molecule has 0 fully saturated rings. The molecule has 0 heterocycles. The van der Waals surface area contributed by atoms with Gasteiger partial charge in [0.25, 0.3) is 0 Å². The number of carbonyl (C=O) groups excluding carboxylic acids is 1. The Bertz CT molecular complexity index is 564. The maximum absolute atomic E-state index is 12.0. The van der Waals surface area contributed by atoms with Crippen LogP contribution >= 0.6 is 0 Å². The van der Waals surface area contributed by atoms with E-state index < -0.39 is 0 Å². The lowest BCUT2D eigenvalue weighted by Gasteiger charge is -2.13. The van der Waals surface area contributed by atoms with E-state index in [0.29, 0.717) is 25.4 Å². The van der Waals surface area contributed by atoms with Crippen molar-refractivity contribution in [1.82, 2.24) is 5.32 Å². The van der Waals surface area contributed by atoms with Gasteiger partial charge in [-0.1, -0.05) is 61.5 Å². The first kappa shape index (κ1) is 15.3. The van der Waals surface area contributed by atoms with Crippen LogP contribution < -0.4 is 11.1 Å². The minimum absolute atomic E-state index is 0.0540. The molecule has 0 aliphatic heterocycles. The lowest BCUT2D eigenvalue weighted by molar-refractivity contribution is -0.120. The fourth-order valence-corrected chi connectivity index (χ4v) is 2.21. The number of hydrogen-bond donors (Lipinski definition) is 2. The van der Waals surface area contributed by atoms with Crippen molar-refractivity contribution in [2.75, 3.05) is 6.54 Å². The molecule has 2 rings (SSSR count). The van der Waals surface area contributed by atoms with Crippen LogP contribution in [0.5, 0.6) is 0 Å². The van der Waals surface area contributed by atoms with Crippen molar-refractivity contribution >= 4 is 5.91 Å². The molecule has 3 heteroatoms. The molecule has 1 amide bonds. The fraction of sp³-hybridized carbons (Fsp3) is 0.278. The zero-order valence-electron chi connectivity index (χ0n) is 12.4. The van der Waals surface area contributed by atoms with E-state index in [0.717, 1.165) is 11.1 Å². The third-order valence-corrected chi connectivity index (χ3v) is 3.60. The van der Waals surface area contributed by atoms with Crippen molar-refractivity contribution in [2.24, 2.45) is 5.73 Å². The van der Waals surface area contributed by atoms with Crippen LogP contribution in [0.4, 0.5) is 0 Å². The Morgan fingerprint density at radius 2 is 1.67 bits per heavy atom. The summed E-state index contributed by atoms with van der Waals surface area (Å²) in [7, 11) is 0. The van der Waals surface area contributed by atoms with E-state index in [9.17, 15) is 4.79 Å². The summed E-state index contributed by atoms with van der Waals surface area (Å²) < 4.78 is 0. The molecule has 0 saturated heterocycles. The van der Waals surface area contributed by atoms with Crippen molar-refractivity contribution in [2.45, 2.75) is 25.8 Å². The van der Waals surface area contributed by atoms with Crippen LogP contribution in [-0.2, 0) is 17.8 Å². The monoisotopic (exact) mass is 282 g/mol. The second-order valence-electron chi connectivity index (χ2n) is 5.31. The van der Waals surface area contributed by atoms with Gasteiger partial charge in [0.1, 0.15) is 0 Å². The topological polar surface area (TPSA) is 55.1 Å². The van der Waals surface area contributed by atoms with Crippen molar-refractivity contribution in [1.29, 1.82) is 0 Å². The molecular formula is C18H22N2O. The van der Waals surface area contributed by atoms with Gasteiger partial charge in [-0.25, -0.2) is 0 Å². The first-order valence-electron chi connectivity index (χ1n) is 7.28. The highest BCUT2D eigenvalue weighted by Crippen LogP contribution is 2.13. The number of nitrogens with one attached hydrogen (secondary N) is 1. The maximum Gasteiger partial charge on any atom is 0.224 e. The third kappa shape index (κ3) is 4.72. The highest BCUT2D eigenvalue weighted by atomic mass is 16.1. The molecule has 3 N–H and O–H groups in total. The Morgan fingerprint density at radius 3 is 2.29 bits per heavy atom. The molecule has 1 atom stereocenters. The maximum atomic E-state index is 12.0. The van der Waals surface area contributed by atoms with Crippen LogP contribution in [0.25, 0.3) is 0 Å². The number of carbonyl (C=O) groups is 1. The van der Waals surface area contributed by atoms with E-state index in [1.165, 1.54) is 5.56 Å². The van der Waals surface area contributed by atoms with Crippen LogP contribution in [0.1, 0.15) is 29.5 Å². The number of benzene rings is 2. The van der Waals surface area contributed by atoms with E-state index in [1.807, 2.05) is 42.5 Å². The molecule has 0 aliphatic rings. The van der Waals surface area contributed by atoms with E-state index in [1.54, 1.807) is 0 Å². The predicted octanol–water partition coefficient (Wildman–Crippen LogP) is 2.61. The number of amides is 1. The van der Waals surface area contributed by atoms with Gasteiger partial charge < -0.3 is 11.1 Å². The average molecular weight is 282 g/mol. The second-order valence-corrected chi connectivity index (χ2v) is 5.31. The molecule has 1 unspecified atom stereocenters. The molecule has 0 radical (unpaired) electrons. The van der Waals surface area contributed by atoms with Crippen molar-refractivity contribution in [3.8, 4) is 0 Å². The summed E-state index contributed by atoms with van der Waals surface area (Å²) in [6.07, 6.45) is 0.409. The normalized spacial score (nSPS) is 11.9. The third-order valence-electron chi connectivity index (χ3n) is 3.60. The van der Waals surface area contributed by atoms with E-state index in [2.05, 4.69) is 24.4 Å². The van der Waals surface area contributed by atoms with Crippen molar-refractivity contribution in [3.05, 3.63) is 71.3 Å². The molecule has 3 nitrogen and oxygen atoms in total. The van der Waals surface area contributed by atoms with Gasteiger partial charge in [-0.2, -0.15) is 0 Å². The number of nitrogens with two attached hydrogens (primary N) is 1. The van der Waals surface area contributed by atoms with Gasteiger partial charge in [-0.05, 0) is 22.6 Å². The molecule has 0 aliphatic carbocycles. The molecule has 2 aromatic carbocycles. The summed E-state index contributed by atoms with van der Waals surface area (Å²) in [5.41, 5.74) is 8.89. The number of rotatable bonds is 6. The Morgan fingerprint density at radius 1 is 1.05 bits per heavy atom. The summed E-state index contributed by atoms with van der Waals surface area (Å²) in [6.45, 7) is 3.30. The van der Waals surface area contributed by atoms with Crippen LogP contribution in [0.15, 0.2) is 54.6 Å². The van der Waals surface area contributed by atoms with E-state index in [-0.39, 0.29) is 5.91 Å². The lowest BCUT2D eigenvalue weighted by Crippen LogP contribution is -2.28. The molecule has 110 valence electrons. The minimum Gasteiger partial charge on any atom is -0.355 e. The Balaban J connectivity index is 1.81. The van der Waals surface area contributed by atoms with Gasteiger partial charge in [0, 0.05) is 13.1 Å². The van der Waals surface area contributed by atoms with E-state index in [4.69, 9.17) is 5.73 Å². The van der Waals surface area contributed by atoms with Gasteiger partial charge in [-0.3, -0.25) is 4.79 Å².